The lowest BCUT2D eigenvalue weighted by molar-refractivity contribution is 0.156. The minimum Gasteiger partial charge on any atom is -0.290 e. The maximum Gasteiger partial charge on any atom is 0.252 e. The summed E-state index contributed by atoms with van der Waals surface area (Å²) in [7, 11) is -3.38. The van der Waals surface area contributed by atoms with Crippen molar-refractivity contribution in [2.75, 3.05) is 26.2 Å². The third kappa shape index (κ3) is 4.09. The van der Waals surface area contributed by atoms with Crippen LogP contribution >= 0.6 is 27.3 Å². The molecule has 1 aliphatic rings. The molecule has 0 radical (unpaired) electrons. The van der Waals surface area contributed by atoms with Crippen molar-refractivity contribution in [3.8, 4) is 0 Å². The zero-order valence-electron chi connectivity index (χ0n) is 15.2. The number of sulfonamides is 1. The quantitative estimate of drug-likeness (QED) is 0.539. The van der Waals surface area contributed by atoms with Gasteiger partial charge >= 0.3 is 0 Å². The lowest BCUT2D eigenvalue weighted by atomic mass is 9.96. The summed E-state index contributed by atoms with van der Waals surface area (Å²) in [5, 5.41) is 1.81. The lowest BCUT2D eigenvalue weighted by Gasteiger charge is -2.39. The fourth-order valence-corrected chi connectivity index (χ4v) is 6.47. The van der Waals surface area contributed by atoms with E-state index in [0.717, 1.165) is 4.47 Å². The van der Waals surface area contributed by atoms with E-state index in [9.17, 15) is 8.42 Å². The third-order valence-electron chi connectivity index (χ3n) is 5.03. The van der Waals surface area contributed by atoms with Gasteiger partial charge in [0, 0.05) is 30.7 Å². The van der Waals surface area contributed by atoms with Crippen LogP contribution in [0.4, 0.5) is 0 Å². The summed E-state index contributed by atoms with van der Waals surface area (Å²) in [6.07, 6.45) is 0. The van der Waals surface area contributed by atoms with Gasteiger partial charge in [0.1, 0.15) is 4.21 Å². The molecule has 2 heterocycles. The summed E-state index contributed by atoms with van der Waals surface area (Å²) in [4.78, 5) is 2.37. The van der Waals surface area contributed by atoms with Gasteiger partial charge in [0.25, 0.3) is 10.0 Å². The Morgan fingerprint density at radius 2 is 1.46 bits per heavy atom. The molecule has 4 rings (SSSR count). The summed E-state index contributed by atoms with van der Waals surface area (Å²) < 4.78 is 28.7. The van der Waals surface area contributed by atoms with Crippen LogP contribution in [0.5, 0.6) is 0 Å². The first-order valence-corrected chi connectivity index (χ1v) is 12.2. The van der Waals surface area contributed by atoms with Gasteiger partial charge < -0.3 is 0 Å². The number of benzene rings is 2. The second-order valence-electron chi connectivity index (χ2n) is 6.74. The van der Waals surface area contributed by atoms with Crippen LogP contribution in [0.25, 0.3) is 0 Å². The van der Waals surface area contributed by atoms with Gasteiger partial charge in [-0.1, -0.05) is 64.5 Å². The zero-order valence-corrected chi connectivity index (χ0v) is 18.5. The van der Waals surface area contributed by atoms with E-state index in [4.69, 9.17) is 0 Å². The molecule has 0 amide bonds. The van der Waals surface area contributed by atoms with Crippen molar-refractivity contribution in [3.63, 3.8) is 0 Å². The van der Waals surface area contributed by atoms with Gasteiger partial charge in [-0.25, -0.2) is 8.42 Å². The van der Waals surface area contributed by atoms with Crippen LogP contribution < -0.4 is 0 Å². The summed E-state index contributed by atoms with van der Waals surface area (Å²) >= 11 is 4.79. The monoisotopic (exact) mass is 476 g/mol. The maximum absolute atomic E-state index is 12.8. The molecular formula is C21H21BrN2O2S2. The standard InChI is InChI=1S/C21H21BrN2O2S2/c22-19-10-8-18(9-11-19)21(17-5-2-1-3-6-17)23-12-14-24(15-13-23)28(25,26)20-7-4-16-27-20/h1-11,16,21H,12-15H2. The molecule has 0 N–H and O–H groups in total. The van der Waals surface area contributed by atoms with Crippen LogP contribution in [0.3, 0.4) is 0 Å². The molecule has 0 aliphatic carbocycles. The Bertz CT molecular complexity index is 998. The fourth-order valence-electron chi connectivity index (χ4n) is 3.63. The summed E-state index contributed by atoms with van der Waals surface area (Å²) in [6.45, 7) is 2.39. The van der Waals surface area contributed by atoms with E-state index in [1.807, 2.05) is 11.4 Å². The topological polar surface area (TPSA) is 40.6 Å². The molecule has 7 heteroatoms. The van der Waals surface area contributed by atoms with Gasteiger partial charge in [-0.05, 0) is 34.7 Å². The molecule has 1 saturated heterocycles. The Morgan fingerprint density at radius 1 is 0.821 bits per heavy atom. The normalized spacial score (nSPS) is 17.5. The van der Waals surface area contributed by atoms with Gasteiger partial charge in [0.15, 0.2) is 0 Å². The van der Waals surface area contributed by atoms with E-state index in [0.29, 0.717) is 30.4 Å². The van der Waals surface area contributed by atoms with Crippen molar-refractivity contribution >= 4 is 37.3 Å². The molecule has 1 aliphatic heterocycles. The number of rotatable bonds is 5. The Labute approximate surface area is 178 Å². The van der Waals surface area contributed by atoms with Crippen molar-refractivity contribution < 1.29 is 8.42 Å². The Balaban J connectivity index is 1.57. The number of halogens is 1. The van der Waals surface area contributed by atoms with Crippen LogP contribution in [0.1, 0.15) is 17.2 Å². The number of nitrogens with zero attached hydrogens (tertiary/aromatic N) is 2. The second kappa shape index (κ2) is 8.47. The molecule has 4 nitrogen and oxygen atoms in total. The SMILES string of the molecule is O=S(=O)(c1cccs1)N1CCN(C(c2ccccc2)c2ccc(Br)cc2)CC1. The highest BCUT2D eigenvalue weighted by Crippen LogP contribution is 2.31. The van der Waals surface area contributed by atoms with Crippen LogP contribution in [0, 0.1) is 0 Å². The number of piperazine rings is 1. The van der Waals surface area contributed by atoms with Crippen LogP contribution in [-0.2, 0) is 10.0 Å². The average Bonchev–Trinajstić information content (AvgIpc) is 3.27. The molecule has 3 aromatic rings. The Kier molecular flexibility index (Phi) is 5.99. The van der Waals surface area contributed by atoms with E-state index in [1.54, 1.807) is 16.4 Å². The minimum atomic E-state index is -3.38. The molecule has 0 saturated carbocycles. The first-order chi connectivity index (χ1) is 13.6. The van der Waals surface area contributed by atoms with Gasteiger partial charge in [-0.15, -0.1) is 11.3 Å². The van der Waals surface area contributed by atoms with Crippen molar-refractivity contribution in [1.29, 1.82) is 0 Å². The highest BCUT2D eigenvalue weighted by molar-refractivity contribution is 9.10. The van der Waals surface area contributed by atoms with Gasteiger partial charge in [0.05, 0.1) is 6.04 Å². The average molecular weight is 477 g/mol. The van der Waals surface area contributed by atoms with E-state index in [-0.39, 0.29) is 6.04 Å². The van der Waals surface area contributed by atoms with Gasteiger partial charge in [-0.3, -0.25) is 4.90 Å². The van der Waals surface area contributed by atoms with E-state index in [2.05, 4.69) is 69.4 Å². The largest absolute Gasteiger partial charge is 0.290 e. The van der Waals surface area contributed by atoms with Gasteiger partial charge in [0.2, 0.25) is 0 Å². The lowest BCUT2D eigenvalue weighted by Crippen LogP contribution is -2.49. The first-order valence-electron chi connectivity index (χ1n) is 9.14. The highest BCUT2D eigenvalue weighted by Gasteiger charge is 2.32. The molecule has 1 unspecified atom stereocenters. The number of hydrogen-bond acceptors (Lipinski definition) is 4. The van der Waals surface area contributed by atoms with Crippen molar-refractivity contribution in [2.24, 2.45) is 0 Å². The summed E-state index contributed by atoms with van der Waals surface area (Å²) in [5.74, 6) is 0. The summed E-state index contributed by atoms with van der Waals surface area (Å²) in [5.41, 5.74) is 2.43. The molecule has 2 aromatic carbocycles. The van der Waals surface area contributed by atoms with Crippen LogP contribution in [-0.4, -0.2) is 43.8 Å². The Hall–Kier alpha value is -1.51. The molecule has 0 spiro atoms. The zero-order chi connectivity index (χ0) is 19.6. The van der Waals surface area contributed by atoms with Gasteiger partial charge in [-0.2, -0.15) is 4.31 Å². The first kappa shape index (κ1) is 19.8. The maximum atomic E-state index is 12.8. The minimum absolute atomic E-state index is 0.112. The van der Waals surface area contributed by atoms with E-state index >= 15 is 0 Å². The molecule has 1 atom stereocenters. The molecular weight excluding hydrogens is 456 g/mol. The van der Waals surface area contributed by atoms with E-state index in [1.165, 1.54) is 22.5 Å². The van der Waals surface area contributed by atoms with Crippen molar-refractivity contribution in [1.82, 2.24) is 9.21 Å². The fraction of sp³-hybridized carbons (Fsp3) is 0.238. The van der Waals surface area contributed by atoms with Crippen molar-refractivity contribution in [2.45, 2.75) is 10.3 Å². The molecule has 0 bridgehead atoms. The second-order valence-corrected chi connectivity index (χ2v) is 10.8. The van der Waals surface area contributed by atoms with E-state index < -0.39 is 10.0 Å². The van der Waals surface area contributed by atoms with Crippen LogP contribution in [0.15, 0.2) is 80.8 Å². The number of hydrogen-bond donors (Lipinski definition) is 0. The molecule has 1 fully saturated rings. The predicted octanol–water partition coefficient (Wildman–Crippen LogP) is 4.61. The third-order valence-corrected chi connectivity index (χ3v) is 8.83. The Morgan fingerprint density at radius 3 is 2.07 bits per heavy atom. The predicted molar refractivity (Wildman–Crippen MR) is 117 cm³/mol. The number of thiophene rings is 1. The highest BCUT2D eigenvalue weighted by atomic mass is 79.9. The summed E-state index contributed by atoms with van der Waals surface area (Å²) in [6, 6.07) is 22.4. The molecule has 146 valence electrons. The molecule has 1 aromatic heterocycles. The van der Waals surface area contributed by atoms with Crippen LogP contribution in [0.2, 0.25) is 0 Å². The molecule has 28 heavy (non-hydrogen) atoms. The smallest absolute Gasteiger partial charge is 0.252 e. The van der Waals surface area contributed by atoms with Crippen molar-refractivity contribution in [3.05, 3.63) is 87.7 Å².